The summed E-state index contributed by atoms with van der Waals surface area (Å²) in [6, 6.07) is 1.70. The fourth-order valence-electron chi connectivity index (χ4n) is 1.79. The van der Waals surface area contributed by atoms with Gasteiger partial charge in [-0.05, 0) is 24.4 Å². The molecule has 0 bridgehead atoms. The van der Waals surface area contributed by atoms with Gasteiger partial charge >= 0.3 is 0 Å². The first-order valence-electron chi connectivity index (χ1n) is 5.11. The molecule has 3 heterocycles. The Kier molecular flexibility index (Phi) is 2.53. The van der Waals surface area contributed by atoms with E-state index in [0.717, 1.165) is 10.9 Å². The van der Waals surface area contributed by atoms with Crippen LogP contribution in [0, 0.1) is 0 Å². The van der Waals surface area contributed by atoms with E-state index in [4.69, 9.17) is 23.8 Å². The van der Waals surface area contributed by atoms with Crippen molar-refractivity contribution in [2.75, 3.05) is 0 Å². The second-order valence-corrected chi connectivity index (χ2v) is 4.54. The lowest BCUT2D eigenvalue weighted by molar-refractivity contribution is -0.115. The van der Waals surface area contributed by atoms with Crippen molar-refractivity contribution in [3.8, 4) is 0 Å². The van der Waals surface area contributed by atoms with E-state index >= 15 is 0 Å². The third-order valence-electron chi connectivity index (χ3n) is 2.57. The number of carbonyl (C=O) groups is 1. The minimum atomic E-state index is -0.255. The van der Waals surface area contributed by atoms with Crippen LogP contribution in [0.3, 0.4) is 0 Å². The predicted molar refractivity (Wildman–Crippen MR) is 73.0 cm³/mol. The Hall–Kier alpha value is -1.92. The first kappa shape index (κ1) is 11.2. The lowest BCUT2D eigenvalue weighted by Crippen LogP contribution is -2.21. The minimum absolute atomic E-state index is 0.255. The highest BCUT2D eigenvalue weighted by molar-refractivity contribution is 7.80. The minimum Gasteiger partial charge on any atom is -0.345 e. The predicted octanol–water partition coefficient (Wildman–Crippen LogP) is 1.56. The van der Waals surface area contributed by atoms with Gasteiger partial charge in [0.25, 0.3) is 5.91 Å². The van der Waals surface area contributed by atoms with E-state index in [9.17, 15) is 4.79 Å². The van der Waals surface area contributed by atoms with Crippen LogP contribution in [0.5, 0.6) is 0 Å². The Morgan fingerprint density at radius 3 is 2.94 bits per heavy atom. The second-order valence-electron chi connectivity index (χ2n) is 3.73. The number of hydrogen-bond acceptors (Lipinski definition) is 3. The number of carbonyl (C=O) groups excluding carboxylic acids is 1. The van der Waals surface area contributed by atoms with Crippen LogP contribution >= 0.6 is 23.8 Å². The van der Waals surface area contributed by atoms with Gasteiger partial charge in [-0.15, -0.1) is 0 Å². The first-order valence-corrected chi connectivity index (χ1v) is 5.89. The zero-order valence-corrected chi connectivity index (χ0v) is 10.5. The molecule has 7 heteroatoms. The Balaban J connectivity index is 2.14. The normalized spacial score (nSPS) is 17.3. The van der Waals surface area contributed by atoms with Gasteiger partial charge in [0, 0.05) is 23.3 Å². The molecule has 18 heavy (non-hydrogen) atoms. The molecule has 1 saturated heterocycles. The Morgan fingerprint density at radius 1 is 1.39 bits per heavy atom. The van der Waals surface area contributed by atoms with E-state index in [1.165, 1.54) is 0 Å². The topological polar surface area (TPSA) is 69.8 Å². The fraction of sp³-hybridized carbons (Fsp3) is 0. The van der Waals surface area contributed by atoms with E-state index in [0.29, 0.717) is 21.5 Å². The van der Waals surface area contributed by atoms with Crippen molar-refractivity contribution >= 4 is 51.9 Å². The second kappa shape index (κ2) is 4.08. The number of thiocarbonyl (C=S) groups is 1. The number of nitrogens with zero attached hydrogens (tertiary/aromatic N) is 1. The maximum atomic E-state index is 11.5. The zero-order valence-electron chi connectivity index (χ0n) is 8.95. The lowest BCUT2D eigenvalue weighted by Gasteiger charge is -1.96. The average Bonchev–Trinajstić information content (AvgIpc) is 2.85. The van der Waals surface area contributed by atoms with Gasteiger partial charge in [0.05, 0.1) is 5.02 Å². The number of aromatic nitrogens is 2. The molecule has 2 aromatic rings. The molecule has 1 amide bonds. The molecule has 0 aliphatic carbocycles. The molecule has 1 aliphatic heterocycles. The largest absolute Gasteiger partial charge is 0.345 e. The molecule has 0 aromatic carbocycles. The third-order valence-corrected chi connectivity index (χ3v) is 3.09. The van der Waals surface area contributed by atoms with Crippen molar-refractivity contribution in [3.63, 3.8) is 0 Å². The molecular weight excluding hydrogens is 272 g/mol. The lowest BCUT2D eigenvalue weighted by atomic mass is 10.2. The van der Waals surface area contributed by atoms with E-state index in [1.54, 1.807) is 24.5 Å². The van der Waals surface area contributed by atoms with Gasteiger partial charge < -0.3 is 10.3 Å². The smallest absolute Gasteiger partial charge is 0.273 e. The van der Waals surface area contributed by atoms with Gasteiger partial charge in [0.1, 0.15) is 11.3 Å². The van der Waals surface area contributed by atoms with E-state index in [1.807, 2.05) is 0 Å². The van der Waals surface area contributed by atoms with Gasteiger partial charge in [0.15, 0.2) is 5.11 Å². The third kappa shape index (κ3) is 1.75. The number of rotatable bonds is 1. The van der Waals surface area contributed by atoms with Gasteiger partial charge in [-0.2, -0.15) is 0 Å². The van der Waals surface area contributed by atoms with Crippen molar-refractivity contribution in [1.29, 1.82) is 0 Å². The van der Waals surface area contributed by atoms with Gasteiger partial charge in [-0.3, -0.25) is 10.1 Å². The summed E-state index contributed by atoms with van der Waals surface area (Å²) in [5, 5.41) is 6.93. The molecule has 1 aliphatic rings. The van der Waals surface area contributed by atoms with E-state index in [-0.39, 0.29) is 5.91 Å². The number of nitrogens with one attached hydrogen (secondary N) is 3. The maximum absolute atomic E-state index is 11.5. The highest BCUT2D eigenvalue weighted by Gasteiger charge is 2.20. The van der Waals surface area contributed by atoms with E-state index < -0.39 is 0 Å². The highest BCUT2D eigenvalue weighted by atomic mass is 35.5. The van der Waals surface area contributed by atoms with Crippen LogP contribution in [0.15, 0.2) is 24.2 Å². The standard InChI is InChI=1S/C11H7ClN4OS/c12-6-1-2-13-9-8(6)5(4-14-9)3-7-10(17)16-11(18)15-7/h1-4H,(H,13,14)(H2,15,16,17,18). The Bertz CT molecular complexity index is 706. The number of pyridine rings is 1. The van der Waals surface area contributed by atoms with Crippen molar-refractivity contribution in [2.45, 2.75) is 0 Å². The zero-order chi connectivity index (χ0) is 12.7. The van der Waals surface area contributed by atoms with Gasteiger partial charge in [0.2, 0.25) is 0 Å². The number of hydrogen-bond donors (Lipinski definition) is 3. The van der Waals surface area contributed by atoms with Crippen molar-refractivity contribution in [1.82, 2.24) is 20.6 Å². The number of halogens is 1. The van der Waals surface area contributed by atoms with Crippen LogP contribution in [-0.4, -0.2) is 21.0 Å². The van der Waals surface area contributed by atoms with Crippen LogP contribution in [-0.2, 0) is 4.79 Å². The average molecular weight is 279 g/mol. The van der Waals surface area contributed by atoms with Crippen LogP contribution in [0.4, 0.5) is 0 Å². The molecule has 0 saturated carbocycles. The number of aromatic amines is 1. The molecule has 5 nitrogen and oxygen atoms in total. The summed E-state index contributed by atoms with van der Waals surface area (Å²) in [7, 11) is 0. The quantitative estimate of drug-likeness (QED) is 0.547. The van der Waals surface area contributed by atoms with Crippen LogP contribution in [0.25, 0.3) is 17.1 Å². The monoisotopic (exact) mass is 278 g/mol. The van der Waals surface area contributed by atoms with Crippen LogP contribution in [0.1, 0.15) is 5.56 Å². The summed E-state index contributed by atoms with van der Waals surface area (Å²) >= 11 is 11.0. The molecule has 0 spiro atoms. The number of amides is 1. The molecule has 1 fully saturated rings. The molecule has 90 valence electrons. The first-order chi connectivity index (χ1) is 8.65. The summed E-state index contributed by atoms with van der Waals surface area (Å²) in [5.74, 6) is -0.255. The molecule has 0 unspecified atom stereocenters. The van der Waals surface area contributed by atoms with Gasteiger partial charge in [-0.1, -0.05) is 11.6 Å². The Labute approximate surface area is 112 Å². The molecule has 0 radical (unpaired) electrons. The molecule has 3 rings (SSSR count). The molecular formula is C11H7ClN4OS. The molecule has 2 aromatic heterocycles. The summed E-state index contributed by atoms with van der Waals surface area (Å²) in [5.41, 5.74) is 1.85. The van der Waals surface area contributed by atoms with Crippen LogP contribution in [0.2, 0.25) is 5.02 Å². The molecule has 0 atom stereocenters. The summed E-state index contributed by atoms with van der Waals surface area (Å²) in [6.45, 7) is 0. The van der Waals surface area contributed by atoms with Gasteiger partial charge in [-0.25, -0.2) is 4.98 Å². The summed E-state index contributed by atoms with van der Waals surface area (Å²) < 4.78 is 0. The van der Waals surface area contributed by atoms with E-state index in [2.05, 4.69) is 20.6 Å². The fourth-order valence-corrected chi connectivity index (χ4v) is 2.25. The summed E-state index contributed by atoms with van der Waals surface area (Å²) in [6.07, 6.45) is 5.04. The number of fused-ring (bicyclic) bond motifs is 1. The Morgan fingerprint density at radius 2 is 2.22 bits per heavy atom. The van der Waals surface area contributed by atoms with Crippen molar-refractivity contribution < 1.29 is 4.79 Å². The van der Waals surface area contributed by atoms with Crippen molar-refractivity contribution in [2.24, 2.45) is 0 Å². The number of H-pyrrole nitrogens is 1. The SMILES string of the molecule is O=C1NC(=S)NC1=Cc1c[nH]c2nccc(Cl)c12. The van der Waals surface area contributed by atoms with Crippen LogP contribution < -0.4 is 10.6 Å². The maximum Gasteiger partial charge on any atom is 0.273 e. The highest BCUT2D eigenvalue weighted by Crippen LogP contribution is 2.26. The molecule has 3 N–H and O–H groups in total. The van der Waals surface area contributed by atoms with Crippen molar-refractivity contribution in [3.05, 3.63) is 34.7 Å². The summed E-state index contributed by atoms with van der Waals surface area (Å²) in [4.78, 5) is 18.7.